The van der Waals surface area contributed by atoms with Gasteiger partial charge in [0.15, 0.2) is 5.03 Å². The molecule has 212 valence electrons. The Balaban J connectivity index is 1.70. The third-order valence-corrected chi connectivity index (χ3v) is 5.75. The SMILES string of the molecule is NC(=NCCC[C@H](NC(=O)[C@H](Cc1c[nH]c2ccc(O)cc12)NC(=O)OCc1ccccc1)C(=O)O)N[N+](=O)[O-]. The van der Waals surface area contributed by atoms with E-state index in [1.165, 1.54) is 12.1 Å². The van der Waals surface area contributed by atoms with Gasteiger partial charge in [0.25, 0.3) is 5.96 Å². The number of nitro groups is 1. The maximum atomic E-state index is 13.2. The predicted molar refractivity (Wildman–Crippen MR) is 143 cm³/mol. The van der Waals surface area contributed by atoms with Crippen LogP contribution in [0.25, 0.3) is 10.9 Å². The number of hydrogen-bond donors (Lipinski definition) is 7. The highest BCUT2D eigenvalue weighted by atomic mass is 16.7. The van der Waals surface area contributed by atoms with E-state index in [0.29, 0.717) is 16.5 Å². The molecular weight excluding hydrogens is 526 g/mol. The molecule has 0 aliphatic carbocycles. The number of phenols is 1. The summed E-state index contributed by atoms with van der Waals surface area (Å²) in [7, 11) is 0. The summed E-state index contributed by atoms with van der Waals surface area (Å²) in [4.78, 5) is 54.7. The van der Waals surface area contributed by atoms with Crippen molar-refractivity contribution in [3.8, 4) is 5.75 Å². The summed E-state index contributed by atoms with van der Waals surface area (Å²) in [6.45, 7) is -0.0761. The summed E-state index contributed by atoms with van der Waals surface area (Å²) >= 11 is 0. The first kappa shape index (κ1) is 29.2. The first-order valence-corrected chi connectivity index (χ1v) is 12.1. The number of nitrogens with one attached hydrogen (secondary N) is 4. The van der Waals surface area contributed by atoms with Crippen LogP contribution in [0.3, 0.4) is 0 Å². The third-order valence-electron chi connectivity index (χ3n) is 5.75. The number of carbonyl (C=O) groups is 3. The molecule has 15 nitrogen and oxygen atoms in total. The summed E-state index contributed by atoms with van der Waals surface area (Å²) in [6.07, 6.45) is 0.757. The van der Waals surface area contributed by atoms with Gasteiger partial charge < -0.3 is 36.3 Å². The predicted octanol–water partition coefficient (Wildman–Crippen LogP) is 1.16. The Labute approximate surface area is 227 Å². The zero-order chi connectivity index (χ0) is 29.1. The maximum absolute atomic E-state index is 13.2. The van der Waals surface area contributed by atoms with Crippen LogP contribution in [0.15, 0.2) is 59.7 Å². The van der Waals surface area contributed by atoms with Gasteiger partial charge in [0.2, 0.25) is 5.91 Å². The van der Waals surface area contributed by atoms with Crippen molar-refractivity contribution >= 4 is 34.8 Å². The molecule has 15 heteroatoms. The van der Waals surface area contributed by atoms with E-state index in [2.05, 4.69) is 20.6 Å². The van der Waals surface area contributed by atoms with Crippen LogP contribution in [0.2, 0.25) is 0 Å². The Bertz CT molecular complexity index is 1380. The minimum Gasteiger partial charge on any atom is -0.508 e. The average Bonchev–Trinajstić information content (AvgIpc) is 3.30. The van der Waals surface area contributed by atoms with Crippen molar-refractivity contribution < 1.29 is 34.4 Å². The largest absolute Gasteiger partial charge is 0.508 e. The van der Waals surface area contributed by atoms with Gasteiger partial charge in [0.05, 0.1) is 0 Å². The fourth-order valence-corrected chi connectivity index (χ4v) is 3.83. The van der Waals surface area contributed by atoms with E-state index in [0.717, 1.165) is 5.56 Å². The Kier molecular flexibility index (Phi) is 10.2. The van der Waals surface area contributed by atoms with Crippen LogP contribution in [0.1, 0.15) is 24.0 Å². The molecule has 2 aromatic carbocycles. The number of carboxylic acid groups (broad SMARTS) is 1. The number of guanidine groups is 1. The number of carboxylic acids is 1. The number of amides is 2. The number of aromatic amines is 1. The molecule has 1 aromatic heterocycles. The van der Waals surface area contributed by atoms with E-state index in [1.807, 2.05) is 6.07 Å². The van der Waals surface area contributed by atoms with Gasteiger partial charge in [-0.05, 0) is 42.2 Å². The molecular formula is C25H29N7O8. The Morgan fingerprint density at radius 1 is 1.12 bits per heavy atom. The first-order chi connectivity index (χ1) is 19.1. The molecule has 0 bridgehead atoms. The monoisotopic (exact) mass is 555 g/mol. The summed E-state index contributed by atoms with van der Waals surface area (Å²) in [6, 6.07) is 11.0. The third kappa shape index (κ3) is 8.90. The number of rotatable bonds is 13. The molecule has 0 saturated carbocycles. The molecule has 0 fully saturated rings. The molecule has 1 heterocycles. The molecule has 40 heavy (non-hydrogen) atoms. The number of fused-ring (bicyclic) bond motifs is 1. The fraction of sp³-hybridized carbons (Fsp3) is 0.280. The quantitative estimate of drug-likeness (QED) is 0.0522. The molecule has 8 N–H and O–H groups in total. The van der Waals surface area contributed by atoms with Gasteiger partial charge in [-0.3, -0.25) is 4.79 Å². The maximum Gasteiger partial charge on any atom is 0.408 e. The molecule has 2 atom stereocenters. The van der Waals surface area contributed by atoms with Gasteiger partial charge in [0, 0.05) is 30.1 Å². The summed E-state index contributed by atoms with van der Waals surface area (Å²) < 4.78 is 5.24. The van der Waals surface area contributed by atoms with Gasteiger partial charge in [-0.1, -0.05) is 35.8 Å². The van der Waals surface area contributed by atoms with Crippen LogP contribution in [0.5, 0.6) is 5.75 Å². The molecule has 0 spiro atoms. The summed E-state index contributed by atoms with van der Waals surface area (Å²) in [5, 5.41) is 34.5. The van der Waals surface area contributed by atoms with E-state index >= 15 is 0 Å². The lowest BCUT2D eigenvalue weighted by molar-refractivity contribution is -0.525. The number of hydrazine groups is 1. The lowest BCUT2D eigenvalue weighted by Crippen LogP contribution is -2.52. The number of alkyl carbamates (subject to hydrolysis) is 1. The van der Waals surface area contributed by atoms with Crippen molar-refractivity contribution in [2.75, 3.05) is 6.54 Å². The zero-order valence-electron chi connectivity index (χ0n) is 21.2. The normalized spacial score (nSPS) is 12.8. The van der Waals surface area contributed by atoms with Gasteiger partial charge in [-0.15, -0.1) is 0 Å². The molecule has 0 aliphatic heterocycles. The average molecular weight is 556 g/mol. The van der Waals surface area contributed by atoms with Crippen molar-refractivity contribution in [2.24, 2.45) is 10.7 Å². The van der Waals surface area contributed by atoms with Crippen molar-refractivity contribution in [2.45, 2.75) is 38.0 Å². The standard InChI is InChI=1S/C25H29N7O8/c26-24(31-32(38)39)27-10-4-7-20(23(35)36)29-22(34)21(30-25(37)40-14-15-5-2-1-3-6-15)11-16-13-28-19-9-8-17(33)12-18(16)19/h1-3,5-6,8-9,12-13,20-21,28,33H,4,7,10-11,14H2,(H,29,34)(H,30,37)(H,35,36)(H3,26,27,31)/t20-,21-/m0/s1. The lowest BCUT2D eigenvalue weighted by atomic mass is 10.0. The van der Waals surface area contributed by atoms with Crippen molar-refractivity contribution in [1.82, 2.24) is 21.0 Å². The van der Waals surface area contributed by atoms with E-state index in [4.69, 9.17) is 10.5 Å². The van der Waals surface area contributed by atoms with Crippen LogP contribution >= 0.6 is 0 Å². The molecule has 3 rings (SSSR count). The smallest absolute Gasteiger partial charge is 0.408 e. The van der Waals surface area contributed by atoms with E-state index in [-0.39, 0.29) is 38.2 Å². The number of aromatic nitrogens is 1. The molecule has 0 saturated heterocycles. The van der Waals surface area contributed by atoms with Crippen LogP contribution in [0, 0.1) is 10.1 Å². The number of H-pyrrole nitrogens is 1. The van der Waals surface area contributed by atoms with Crippen molar-refractivity contribution in [3.05, 3.63) is 76.0 Å². The topological polar surface area (TPSA) is 234 Å². The fourth-order valence-electron chi connectivity index (χ4n) is 3.83. The Morgan fingerprint density at radius 3 is 2.58 bits per heavy atom. The number of aliphatic carboxylic acids is 1. The Morgan fingerprint density at radius 2 is 1.88 bits per heavy atom. The first-order valence-electron chi connectivity index (χ1n) is 12.1. The second kappa shape index (κ2) is 14.0. The second-order valence-corrected chi connectivity index (χ2v) is 8.68. The van der Waals surface area contributed by atoms with Gasteiger partial charge in [0.1, 0.15) is 24.4 Å². The summed E-state index contributed by atoms with van der Waals surface area (Å²) in [5.41, 5.74) is 9.01. The number of aliphatic imine (C=N–C) groups is 1. The molecule has 3 aromatic rings. The minimum atomic E-state index is -1.34. The van der Waals surface area contributed by atoms with Gasteiger partial charge in [-0.2, -0.15) is 0 Å². The van der Waals surface area contributed by atoms with Crippen LogP contribution in [-0.2, 0) is 27.4 Å². The minimum absolute atomic E-state index is 0.00669. The highest BCUT2D eigenvalue weighted by molar-refractivity contribution is 5.91. The van der Waals surface area contributed by atoms with Crippen molar-refractivity contribution in [1.29, 1.82) is 0 Å². The zero-order valence-corrected chi connectivity index (χ0v) is 21.2. The Hall–Kier alpha value is -5.34. The van der Waals surface area contributed by atoms with Crippen LogP contribution < -0.4 is 21.8 Å². The van der Waals surface area contributed by atoms with Gasteiger partial charge >= 0.3 is 12.1 Å². The molecule has 0 unspecified atom stereocenters. The van der Waals surface area contributed by atoms with Crippen molar-refractivity contribution in [3.63, 3.8) is 0 Å². The highest BCUT2D eigenvalue weighted by Gasteiger charge is 2.28. The number of hydrogen-bond acceptors (Lipinski definition) is 8. The summed E-state index contributed by atoms with van der Waals surface area (Å²) in [5.74, 6) is -2.54. The second-order valence-electron chi connectivity index (χ2n) is 8.68. The van der Waals surface area contributed by atoms with E-state index in [1.54, 1.807) is 42.0 Å². The van der Waals surface area contributed by atoms with E-state index in [9.17, 15) is 34.7 Å². The number of ether oxygens (including phenoxy) is 1. The van der Waals surface area contributed by atoms with Gasteiger partial charge in [-0.25, -0.2) is 24.7 Å². The number of carbonyl (C=O) groups excluding carboxylic acids is 2. The van der Waals surface area contributed by atoms with Crippen LogP contribution in [-0.4, -0.2) is 62.8 Å². The number of nitrogens with two attached hydrogens (primary N) is 1. The van der Waals surface area contributed by atoms with Crippen LogP contribution in [0.4, 0.5) is 4.79 Å². The highest BCUT2D eigenvalue weighted by Crippen LogP contribution is 2.24. The molecule has 0 radical (unpaired) electrons. The number of phenolic OH excluding ortho intramolecular Hbond substituents is 1. The molecule has 2 amide bonds. The number of nitrogens with zero attached hydrogens (tertiary/aromatic N) is 2. The number of aromatic hydroxyl groups is 1. The molecule has 0 aliphatic rings. The number of benzene rings is 2. The van der Waals surface area contributed by atoms with E-state index < -0.39 is 41.0 Å². The lowest BCUT2D eigenvalue weighted by Gasteiger charge is -2.21.